The van der Waals surface area contributed by atoms with E-state index >= 15 is 0 Å². The molecule has 0 aliphatic heterocycles. The van der Waals surface area contributed by atoms with Crippen molar-refractivity contribution in [2.75, 3.05) is 0 Å². The Morgan fingerprint density at radius 2 is 1.81 bits per heavy atom. The third-order valence-corrected chi connectivity index (χ3v) is 4.11. The molecule has 1 aromatic heterocycles. The van der Waals surface area contributed by atoms with Gasteiger partial charge in [0.25, 0.3) is 0 Å². The molecule has 0 unspecified atom stereocenters. The maximum atomic E-state index is 13.7. The molecule has 1 aliphatic rings. The minimum Gasteiger partial charge on any atom is -0.474 e. The second-order valence-electron chi connectivity index (χ2n) is 5.17. The first kappa shape index (κ1) is 14.3. The van der Waals surface area contributed by atoms with Crippen LogP contribution >= 0.6 is 12.6 Å². The molecule has 21 heavy (non-hydrogen) atoms. The van der Waals surface area contributed by atoms with E-state index in [1.165, 1.54) is 12.1 Å². The zero-order valence-electron chi connectivity index (χ0n) is 11.4. The Hall–Kier alpha value is -1.62. The molecule has 1 saturated carbocycles. The quantitative estimate of drug-likeness (QED) is 0.835. The van der Waals surface area contributed by atoms with E-state index in [0.717, 1.165) is 25.7 Å². The first-order valence-corrected chi connectivity index (χ1v) is 7.40. The summed E-state index contributed by atoms with van der Waals surface area (Å²) in [6.45, 7) is 0. The highest BCUT2D eigenvalue weighted by molar-refractivity contribution is 7.80. The predicted molar refractivity (Wildman–Crippen MR) is 79.7 cm³/mol. The fourth-order valence-corrected chi connectivity index (χ4v) is 2.72. The zero-order valence-corrected chi connectivity index (χ0v) is 12.2. The van der Waals surface area contributed by atoms with Crippen molar-refractivity contribution in [2.45, 2.75) is 36.7 Å². The first-order valence-electron chi connectivity index (χ1n) is 6.95. The maximum Gasteiger partial charge on any atom is 0.221 e. The molecule has 0 bridgehead atoms. The van der Waals surface area contributed by atoms with Crippen LogP contribution in [0.1, 0.15) is 25.7 Å². The second kappa shape index (κ2) is 6.02. The number of thiol groups is 1. The van der Waals surface area contributed by atoms with E-state index in [9.17, 15) is 8.78 Å². The summed E-state index contributed by atoms with van der Waals surface area (Å²) in [5.74, 6) is -0.955. The maximum absolute atomic E-state index is 13.7. The monoisotopic (exact) mass is 307 g/mol. The summed E-state index contributed by atoms with van der Waals surface area (Å²) >= 11 is 3.79. The lowest BCUT2D eigenvalue weighted by Gasteiger charge is -2.15. The normalized spacial score (nSPS) is 15.4. The minimum atomic E-state index is -0.691. The number of rotatable bonds is 3. The number of ether oxygens (including phenoxy) is 1. The summed E-state index contributed by atoms with van der Waals surface area (Å²) in [4.78, 5) is 3.94. The summed E-state index contributed by atoms with van der Waals surface area (Å²) in [6.07, 6.45) is 6.03. The largest absolute Gasteiger partial charge is 0.474 e. The molecule has 0 amide bonds. The fourth-order valence-electron chi connectivity index (χ4n) is 2.59. The number of aromatic nitrogens is 1. The van der Waals surface area contributed by atoms with Crippen LogP contribution in [0.15, 0.2) is 35.4 Å². The lowest BCUT2D eigenvalue weighted by molar-refractivity contribution is 0.202. The average Bonchev–Trinajstić information content (AvgIpc) is 2.98. The van der Waals surface area contributed by atoms with Gasteiger partial charge in [-0.25, -0.2) is 13.8 Å². The number of halogens is 2. The second-order valence-corrected chi connectivity index (χ2v) is 5.62. The molecule has 0 atom stereocenters. The Balaban J connectivity index is 1.98. The van der Waals surface area contributed by atoms with E-state index in [-0.39, 0.29) is 11.0 Å². The summed E-state index contributed by atoms with van der Waals surface area (Å²) < 4.78 is 33.3. The standard InChI is InChI=1S/C16H15F2NOS/c17-13-8-10(9-14(18)15(13)21)12-6-3-7-19-16(12)20-11-4-1-2-5-11/h3,6-9,11,21H,1-2,4-5H2. The van der Waals surface area contributed by atoms with Crippen molar-refractivity contribution < 1.29 is 13.5 Å². The summed E-state index contributed by atoms with van der Waals surface area (Å²) in [7, 11) is 0. The number of nitrogens with zero attached hydrogens (tertiary/aromatic N) is 1. The van der Waals surface area contributed by atoms with Gasteiger partial charge in [-0.05, 0) is 55.5 Å². The Morgan fingerprint density at radius 1 is 1.14 bits per heavy atom. The molecule has 2 nitrogen and oxygen atoms in total. The Morgan fingerprint density at radius 3 is 2.48 bits per heavy atom. The smallest absolute Gasteiger partial charge is 0.221 e. The van der Waals surface area contributed by atoms with Gasteiger partial charge in [-0.15, -0.1) is 12.6 Å². The van der Waals surface area contributed by atoms with Gasteiger partial charge in [0.2, 0.25) is 5.88 Å². The predicted octanol–water partition coefficient (Wildman–Crippen LogP) is 4.64. The highest BCUT2D eigenvalue weighted by Gasteiger charge is 2.20. The zero-order chi connectivity index (χ0) is 14.8. The van der Waals surface area contributed by atoms with Gasteiger partial charge in [0.15, 0.2) is 0 Å². The van der Waals surface area contributed by atoms with Crippen molar-refractivity contribution in [1.29, 1.82) is 0 Å². The topological polar surface area (TPSA) is 22.1 Å². The Kier molecular flexibility index (Phi) is 4.10. The lowest BCUT2D eigenvalue weighted by Crippen LogP contribution is -2.12. The van der Waals surface area contributed by atoms with Gasteiger partial charge in [-0.2, -0.15) is 0 Å². The van der Waals surface area contributed by atoms with E-state index in [1.807, 2.05) is 0 Å². The van der Waals surface area contributed by atoms with Gasteiger partial charge in [0.05, 0.1) is 4.90 Å². The molecule has 1 aliphatic carbocycles. The van der Waals surface area contributed by atoms with E-state index in [1.54, 1.807) is 18.3 Å². The Labute approximate surface area is 127 Å². The van der Waals surface area contributed by atoms with Crippen molar-refractivity contribution in [1.82, 2.24) is 4.98 Å². The van der Waals surface area contributed by atoms with Crippen LogP contribution in [-0.2, 0) is 0 Å². The summed E-state index contributed by atoms with van der Waals surface area (Å²) in [5.41, 5.74) is 0.999. The van der Waals surface area contributed by atoms with Crippen LogP contribution < -0.4 is 4.74 Å². The molecule has 3 rings (SSSR count). The van der Waals surface area contributed by atoms with E-state index < -0.39 is 11.6 Å². The van der Waals surface area contributed by atoms with E-state index in [0.29, 0.717) is 17.0 Å². The third-order valence-electron chi connectivity index (χ3n) is 3.68. The van der Waals surface area contributed by atoms with Gasteiger partial charge in [-0.3, -0.25) is 0 Å². The molecule has 0 saturated heterocycles. The molecule has 2 aromatic rings. The van der Waals surface area contributed by atoms with Gasteiger partial charge >= 0.3 is 0 Å². The van der Waals surface area contributed by atoms with Crippen molar-refractivity contribution in [2.24, 2.45) is 0 Å². The van der Waals surface area contributed by atoms with Crippen LogP contribution in [0.3, 0.4) is 0 Å². The van der Waals surface area contributed by atoms with Crippen molar-refractivity contribution in [3.63, 3.8) is 0 Å². The van der Waals surface area contributed by atoms with E-state index in [2.05, 4.69) is 17.6 Å². The van der Waals surface area contributed by atoms with Crippen LogP contribution in [0.25, 0.3) is 11.1 Å². The molecular weight excluding hydrogens is 292 g/mol. The van der Waals surface area contributed by atoms with Gasteiger partial charge in [0, 0.05) is 11.8 Å². The molecule has 0 N–H and O–H groups in total. The van der Waals surface area contributed by atoms with Crippen LogP contribution in [-0.4, -0.2) is 11.1 Å². The molecule has 1 aromatic carbocycles. The van der Waals surface area contributed by atoms with Crippen molar-refractivity contribution in [3.05, 3.63) is 42.1 Å². The van der Waals surface area contributed by atoms with Crippen molar-refractivity contribution in [3.8, 4) is 17.0 Å². The molecule has 0 radical (unpaired) electrons. The average molecular weight is 307 g/mol. The van der Waals surface area contributed by atoms with E-state index in [4.69, 9.17) is 4.74 Å². The third kappa shape index (κ3) is 3.02. The number of benzene rings is 1. The number of hydrogen-bond donors (Lipinski definition) is 1. The highest BCUT2D eigenvalue weighted by atomic mass is 32.1. The van der Waals surface area contributed by atoms with Gasteiger partial charge < -0.3 is 4.74 Å². The molecule has 0 spiro atoms. The summed E-state index contributed by atoms with van der Waals surface area (Å²) in [6, 6.07) is 5.98. The molecule has 1 fully saturated rings. The van der Waals surface area contributed by atoms with Crippen LogP contribution in [0.5, 0.6) is 5.88 Å². The minimum absolute atomic E-state index is 0.137. The van der Waals surface area contributed by atoms with Crippen LogP contribution in [0, 0.1) is 11.6 Å². The fraction of sp³-hybridized carbons (Fsp3) is 0.312. The van der Waals surface area contributed by atoms with Crippen molar-refractivity contribution >= 4 is 12.6 Å². The van der Waals surface area contributed by atoms with Gasteiger partial charge in [-0.1, -0.05) is 0 Å². The Bertz CT molecular complexity index is 633. The number of hydrogen-bond acceptors (Lipinski definition) is 3. The molecule has 1 heterocycles. The lowest BCUT2D eigenvalue weighted by atomic mass is 10.1. The van der Waals surface area contributed by atoms with Crippen LogP contribution in [0.2, 0.25) is 0 Å². The SMILES string of the molecule is Fc1cc(-c2cccnc2OC2CCCC2)cc(F)c1S. The van der Waals surface area contributed by atoms with Crippen LogP contribution in [0.4, 0.5) is 8.78 Å². The highest BCUT2D eigenvalue weighted by Crippen LogP contribution is 2.33. The summed E-state index contributed by atoms with van der Waals surface area (Å²) in [5, 5.41) is 0. The molecule has 5 heteroatoms. The molecular formula is C16H15F2NOS. The number of pyridine rings is 1. The first-order chi connectivity index (χ1) is 10.1. The van der Waals surface area contributed by atoms with Gasteiger partial charge in [0.1, 0.15) is 17.7 Å². The molecule has 110 valence electrons.